The maximum absolute atomic E-state index is 10.8. The number of aryl methyl sites for hydroxylation is 3. The second-order valence-corrected chi connectivity index (χ2v) is 8.98. The van der Waals surface area contributed by atoms with Crippen molar-refractivity contribution in [1.82, 2.24) is 14.5 Å². The number of rotatable bonds is 9. The molecule has 2 aromatic heterocycles. The number of imidazole rings is 1. The van der Waals surface area contributed by atoms with E-state index in [1.165, 1.54) is 5.56 Å². The van der Waals surface area contributed by atoms with Gasteiger partial charge in [0.05, 0.1) is 0 Å². The lowest BCUT2D eigenvalue weighted by atomic mass is 9.98. The Labute approximate surface area is 179 Å². The topological polar surface area (TPSA) is 68.0 Å². The minimum absolute atomic E-state index is 0.218. The number of aliphatic carboxylic acids is 1. The Kier molecular flexibility index (Phi) is 6.91. The van der Waals surface area contributed by atoms with Crippen molar-refractivity contribution in [3.63, 3.8) is 0 Å². The number of nitrogens with zero attached hydrogens (tertiary/aromatic N) is 3. The van der Waals surface area contributed by atoms with Crippen LogP contribution in [0.15, 0.2) is 30.3 Å². The van der Waals surface area contributed by atoms with Crippen LogP contribution in [0, 0.1) is 25.7 Å². The predicted octanol–water partition coefficient (Wildman–Crippen LogP) is 5.67. The zero-order chi connectivity index (χ0) is 21.8. The summed E-state index contributed by atoms with van der Waals surface area (Å²) >= 11 is 0. The molecule has 0 fully saturated rings. The van der Waals surface area contributed by atoms with Gasteiger partial charge >= 0.3 is 5.97 Å². The van der Waals surface area contributed by atoms with Crippen LogP contribution in [0.4, 0.5) is 0 Å². The Morgan fingerprint density at radius 2 is 1.80 bits per heavy atom. The van der Waals surface area contributed by atoms with Crippen LogP contribution in [-0.4, -0.2) is 25.6 Å². The molecule has 0 amide bonds. The summed E-state index contributed by atoms with van der Waals surface area (Å²) in [6, 6.07) is 10.7. The van der Waals surface area contributed by atoms with Crippen LogP contribution in [0.1, 0.15) is 62.7 Å². The Bertz CT molecular complexity index is 1020. The summed E-state index contributed by atoms with van der Waals surface area (Å²) in [4.78, 5) is 20.6. The first-order valence-corrected chi connectivity index (χ1v) is 10.9. The number of benzene rings is 1. The molecule has 1 N–H and O–H groups in total. The number of hydrogen-bond acceptors (Lipinski definition) is 3. The lowest BCUT2D eigenvalue weighted by Crippen LogP contribution is -2.06. The molecule has 3 rings (SSSR count). The number of carboxylic acid groups (broad SMARTS) is 1. The predicted molar refractivity (Wildman–Crippen MR) is 121 cm³/mol. The molecule has 1 unspecified atom stereocenters. The Morgan fingerprint density at radius 3 is 2.43 bits per heavy atom. The van der Waals surface area contributed by atoms with E-state index in [0.29, 0.717) is 5.92 Å². The molecule has 1 aromatic carbocycles. The molecule has 0 radical (unpaired) electrons. The number of carboxylic acids is 1. The van der Waals surface area contributed by atoms with Crippen LogP contribution in [0.5, 0.6) is 0 Å². The maximum Gasteiger partial charge on any atom is 0.303 e. The van der Waals surface area contributed by atoms with Gasteiger partial charge in [0.15, 0.2) is 5.65 Å². The van der Waals surface area contributed by atoms with Crippen molar-refractivity contribution in [3.05, 3.63) is 53.0 Å². The zero-order valence-electron chi connectivity index (χ0n) is 18.8. The SMILES string of the molecule is Cc1cc(C)c2nc(CC(C)C)n(-c3ccc(CCCC(C)CC(=O)O)cc3)c2n1. The van der Waals surface area contributed by atoms with E-state index in [2.05, 4.69) is 55.7 Å². The van der Waals surface area contributed by atoms with Gasteiger partial charge in [-0.1, -0.05) is 32.9 Å². The lowest BCUT2D eigenvalue weighted by molar-refractivity contribution is -0.138. The number of pyridine rings is 1. The van der Waals surface area contributed by atoms with Crippen molar-refractivity contribution in [2.24, 2.45) is 11.8 Å². The van der Waals surface area contributed by atoms with Crippen molar-refractivity contribution in [2.75, 3.05) is 0 Å². The van der Waals surface area contributed by atoms with Gasteiger partial charge in [-0.15, -0.1) is 0 Å². The minimum atomic E-state index is -0.712. The second kappa shape index (κ2) is 9.41. The van der Waals surface area contributed by atoms with E-state index in [9.17, 15) is 4.79 Å². The van der Waals surface area contributed by atoms with Gasteiger partial charge in [-0.25, -0.2) is 9.97 Å². The molecule has 30 heavy (non-hydrogen) atoms. The van der Waals surface area contributed by atoms with Gasteiger partial charge in [0.25, 0.3) is 0 Å². The summed E-state index contributed by atoms with van der Waals surface area (Å²) in [6.45, 7) is 10.6. The first kappa shape index (κ1) is 22.0. The number of fused-ring (bicyclic) bond motifs is 1. The molecular weight excluding hydrogens is 374 g/mol. The van der Waals surface area contributed by atoms with Gasteiger partial charge < -0.3 is 5.11 Å². The van der Waals surface area contributed by atoms with Crippen molar-refractivity contribution >= 4 is 17.1 Å². The fourth-order valence-electron chi connectivity index (χ4n) is 4.05. The summed E-state index contributed by atoms with van der Waals surface area (Å²) in [6.07, 6.45) is 4.04. The third-order valence-electron chi connectivity index (χ3n) is 5.47. The van der Waals surface area contributed by atoms with Gasteiger partial charge in [-0.2, -0.15) is 0 Å². The smallest absolute Gasteiger partial charge is 0.303 e. The monoisotopic (exact) mass is 407 g/mol. The number of hydrogen-bond donors (Lipinski definition) is 1. The molecule has 2 heterocycles. The van der Waals surface area contributed by atoms with Crippen LogP contribution in [0.25, 0.3) is 16.9 Å². The molecule has 0 aliphatic carbocycles. The largest absolute Gasteiger partial charge is 0.481 e. The minimum Gasteiger partial charge on any atom is -0.481 e. The van der Waals surface area contributed by atoms with Crippen molar-refractivity contribution in [1.29, 1.82) is 0 Å². The van der Waals surface area contributed by atoms with E-state index < -0.39 is 5.97 Å². The Balaban J connectivity index is 1.84. The van der Waals surface area contributed by atoms with E-state index in [-0.39, 0.29) is 12.3 Å². The quantitative estimate of drug-likeness (QED) is 0.496. The summed E-state index contributed by atoms with van der Waals surface area (Å²) in [5, 5.41) is 8.90. The van der Waals surface area contributed by atoms with Gasteiger partial charge in [0, 0.05) is 24.2 Å². The molecule has 5 heteroatoms. The van der Waals surface area contributed by atoms with Crippen LogP contribution in [0.2, 0.25) is 0 Å². The summed E-state index contributed by atoms with van der Waals surface area (Å²) in [7, 11) is 0. The first-order chi connectivity index (χ1) is 14.2. The Morgan fingerprint density at radius 1 is 1.10 bits per heavy atom. The second-order valence-electron chi connectivity index (χ2n) is 8.98. The van der Waals surface area contributed by atoms with Gasteiger partial charge in [-0.05, 0) is 74.3 Å². The molecule has 0 aliphatic rings. The molecule has 0 aliphatic heterocycles. The van der Waals surface area contributed by atoms with E-state index >= 15 is 0 Å². The summed E-state index contributed by atoms with van der Waals surface area (Å²) < 4.78 is 2.20. The molecule has 0 spiro atoms. The highest BCUT2D eigenvalue weighted by Crippen LogP contribution is 2.25. The highest BCUT2D eigenvalue weighted by molar-refractivity contribution is 5.78. The number of carbonyl (C=O) groups is 1. The highest BCUT2D eigenvalue weighted by Gasteiger charge is 2.17. The van der Waals surface area contributed by atoms with Gasteiger partial charge in [-0.3, -0.25) is 9.36 Å². The van der Waals surface area contributed by atoms with Crippen molar-refractivity contribution in [3.8, 4) is 5.69 Å². The maximum atomic E-state index is 10.8. The molecule has 3 aromatic rings. The highest BCUT2D eigenvalue weighted by atomic mass is 16.4. The fourth-order valence-corrected chi connectivity index (χ4v) is 4.05. The van der Waals surface area contributed by atoms with Gasteiger partial charge in [0.2, 0.25) is 0 Å². The standard InChI is InChI=1S/C25H33N3O2/c1-16(2)13-22-27-24-18(4)15-19(5)26-25(24)28(22)21-11-9-20(10-12-21)8-6-7-17(3)14-23(29)30/h9-12,15-17H,6-8,13-14H2,1-5H3,(H,29,30). The van der Waals surface area contributed by atoms with Gasteiger partial charge in [0.1, 0.15) is 11.3 Å². The van der Waals surface area contributed by atoms with Crippen LogP contribution >= 0.6 is 0 Å². The molecule has 1 atom stereocenters. The fraction of sp³-hybridized carbons (Fsp3) is 0.480. The molecule has 0 bridgehead atoms. The Hall–Kier alpha value is -2.69. The molecule has 5 nitrogen and oxygen atoms in total. The summed E-state index contributed by atoms with van der Waals surface area (Å²) in [5.41, 5.74) is 6.44. The molecular formula is C25H33N3O2. The molecule has 160 valence electrons. The lowest BCUT2D eigenvalue weighted by Gasteiger charge is -2.12. The van der Waals surface area contributed by atoms with Crippen LogP contribution < -0.4 is 0 Å². The number of aromatic nitrogens is 3. The third kappa shape index (κ3) is 5.26. The first-order valence-electron chi connectivity index (χ1n) is 10.9. The average Bonchev–Trinajstić information content (AvgIpc) is 2.99. The molecule has 0 saturated carbocycles. The molecule has 0 saturated heterocycles. The van der Waals surface area contributed by atoms with E-state index in [1.807, 2.05) is 13.8 Å². The average molecular weight is 408 g/mol. The van der Waals surface area contributed by atoms with Crippen LogP contribution in [0.3, 0.4) is 0 Å². The van der Waals surface area contributed by atoms with E-state index in [4.69, 9.17) is 15.1 Å². The van der Waals surface area contributed by atoms with Crippen molar-refractivity contribution in [2.45, 2.75) is 66.7 Å². The normalized spacial score (nSPS) is 12.6. The summed E-state index contributed by atoms with van der Waals surface area (Å²) in [5.74, 6) is 1.07. The zero-order valence-corrected chi connectivity index (χ0v) is 18.8. The van der Waals surface area contributed by atoms with Crippen molar-refractivity contribution < 1.29 is 9.90 Å². The third-order valence-corrected chi connectivity index (χ3v) is 5.47. The van der Waals surface area contributed by atoms with E-state index in [0.717, 1.165) is 59.6 Å². The van der Waals surface area contributed by atoms with Crippen LogP contribution in [-0.2, 0) is 17.6 Å². The van der Waals surface area contributed by atoms with E-state index in [1.54, 1.807) is 0 Å².